The molecule has 1 atom stereocenters. The number of benzene rings is 1. The van der Waals surface area contributed by atoms with E-state index in [1.165, 1.54) is 6.42 Å². The highest BCUT2D eigenvalue weighted by atomic mass is 79.9. The third-order valence-electron chi connectivity index (χ3n) is 2.60. The molecule has 0 heterocycles. The molecule has 0 aliphatic carbocycles. The highest BCUT2D eigenvalue weighted by Gasteiger charge is 2.11. The monoisotopic (exact) mass is 396 g/mol. The minimum atomic E-state index is 0.501. The van der Waals surface area contributed by atoms with Crippen LogP contribution in [0.3, 0.4) is 0 Å². The van der Waals surface area contributed by atoms with Crippen LogP contribution in [-0.2, 0) is 5.88 Å². The third-order valence-corrected chi connectivity index (χ3v) is 4.09. The molecule has 4 heteroatoms. The maximum Gasteiger partial charge on any atom is 0.147 e. The van der Waals surface area contributed by atoms with E-state index < -0.39 is 0 Å². The lowest BCUT2D eigenvalue weighted by Gasteiger charge is -2.17. The molecule has 0 aromatic heterocycles. The van der Waals surface area contributed by atoms with E-state index in [1.54, 1.807) is 0 Å². The molecule has 102 valence electrons. The van der Waals surface area contributed by atoms with Crippen molar-refractivity contribution < 1.29 is 4.74 Å². The molecular formula is C14H19Br2ClO. The maximum absolute atomic E-state index is 5.89. The Morgan fingerprint density at radius 2 is 1.72 bits per heavy atom. The van der Waals surface area contributed by atoms with Crippen molar-refractivity contribution in [3.05, 3.63) is 26.6 Å². The van der Waals surface area contributed by atoms with Gasteiger partial charge >= 0.3 is 0 Å². The summed E-state index contributed by atoms with van der Waals surface area (Å²) >= 11 is 12.9. The fraction of sp³-hybridized carbons (Fsp3) is 0.571. The molecule has 0 fully saturated rings. The molecule has 0 saturated carbocycles. The van der Waals surface area contributed by atoms with Gasteiger partial charge in [0.05, 0.1) is 15.6 Å². The minimum Gasteiger partial charge on any atom is -0.491 e. The molecule has 0 saturated heterocycles. The second-order valence-corrected chi connectivity index (χ2v) is 7.04. The normalized spacial score (nSPS) is 12.8. The van der Waals surface area contributed by atoms with Crippen molar-refractivity contribution in [1.82, 2.24) is 0 Å². The molecule has 0 amide bonds. The number of halogens is 3. The number of hydrogen-bond acceptors (Lipinski definition) is 1. The molecule has 18 heavy (non-hydrogen) atoms. The zero-order valence-electron chi connectivity index (χ0n) is 11.0. The molecule has 0 aliphatic heterocycles. The van der Waals surface area contributed by atoms with Gasteiger partial charge in [0.1, 0.15) is 5.75 Å². The number of ether oxygens (including phenoxy) is 1. The van der Waals surface area contributed by atoms with E-state index in [1.807, 2.05) is 12.1 Å². The Labute approximate surface area is 132 Å². The van der Waals surface area contributed by atoms with Crippen LogP contribution in [0.2, 0.25) is 0 Å². The smallest absolute Gasteiger partial charge is 0.147 e. The summed E-state index contributed by atoms with van der Waals surface area (Å²) in [5, 5.41) is 0. The average Bonchev–Trinajstić information content (AvgIpc) is 2.26. The van der Waals surface area contributed by atoms with Crippen molar-refractivity contribution in [2.75, 3.05) is 6.61 Å². The number of hydrogen-bond donors (Lipinski definition) is 0. The first-order valence-electron chi connectivity index (χ1n) is 6.10. The van der Waals surface area contributed by atoms with Crippen LogP contribution in [0, 0.1) is 11.8 Å². The van der Waals surface area contributed by atoms with Gasteiger partial charge in [0.25, 0.3) is 0 Å². The molecule has 1 aromatic carbocycles. The predicted molar refractivity (Wildman–Crippen MR) is 85.5 cm³/mol. The zero-order valence-corrected chi connectivity index (χ0v) is 14.9. The lowest BCUT2D eigenvalue weighted by molar-refractivity contribution is 0.236. The van der Waals surface area contributed by atoms with Crippen LogP contribution >= 0.6 is 43.5 Å². The van der Waals surface area contributed by atoms with Gasteiger partial charge < -0.3 is 4.74 Å². The first-order chi connectivity index (χ1) is 8.43. The molecule has 0 radical (unpaired) electrons. The molecule has 1 nitrogen and oxygen atoms in total. The Balaban J connectivity index is 2.67. The first kappa shape index (κ1) is 16.3. The van der Waals surface area contributed by atoms with Crippen LogP contribution in [0.5, 0.6) is 5.75 Å². The van der Waals surface area contributed by atoms with Crippen molar-refractivity contribution in [1.29, 1.82) is 0 Å². The summed E-state index contributed by atoms with van der Waals surface area (Å²) < 4.78 is 7.79. The Hall–Kier alpha value is 0.270. The highest BCUT2D eigenvalue weighted by Crippen LogP contribution is 2.35. The third kappa shape index (κ3) is 5.10. The Morgan fingerprint density at radius 1 is 1.17 bits per heavy atom. The Kier molecular flexibility index (Phi) is 7.04. The lowest BCUT2D eigenvalue weighted by atomic mass is 10.00. The number of rotatable bonds is 6. The minimum absolute atomic E-state index is 0.501. The summed E-state index contributed by atoms with van der Waals surface area (Å²) in [4.78, 5) is 0. The second kappa shape index (κ2) is 7.76. The van der Waals surface area contributed by atoms with Crippen molar-refractivity contribution in [3.8, 4) is 5.75 Å². The largest absolute Gasteiger partial charge is 0.491 e. The van der Waals surface area contributed by atoms with E-state index in [9.17, 15) is 0 Å². The molecular weight excluding hydrogens is 379 g/mol. The molecule has 1 aromatic rings. The van der Waals surface area contributed by atoms with Crippen LogP contribution in [-0.4, -0.2) is 6.61 Å². The molecule has 0 spiro atoms. The fourth-order valence-corrected chi connectivity index (χ4v) is 3.59. The SMILES string of the molecule is CC(C)CC(C)COc1c(Br)cc(CCl)cc1Br. The first-order valence-corrected chi connectivity index (χ1v) is 8.22. The maximum atomic E-state index is 5.89. The van der Waals surface area contributed by atoms with E-state index in [-0.39, 0.29) is 0 Å². The van der Waals surface area contributed by atoms with Crippen LogP contribution in [0.1, 0.15) is 32.8 Å². The van der Waals surface area contributed by atoms with Gasteiger partial charge in [-0.15, -0.1) is 11.6 Å². The molecule has 1 rings (SSSR count). The second-order valence-electron chi connectivity index (χ2n) is 5.07. The van der Waals surface area contributed by atoms with Crippen LogP contribution in [0.25, 0.3) is 0 Å². The zero-order chi connectivity index (χ0) is 13.7. The van der Waals surface area contributed by atoms with Gasteiger partial charge in [0.15, 0.2) is 0 Å². The van der Waals surface area contributed by atoms with Gasteiger partial charge in [-0.05, 0) is 67.8 Å². The lowest BCUT2D eigenvalue weighted by Crippen LogP contribution is -2.11. The average molecular weight is 399 g/mol. The van der Waals surface area contributed by atoms with Gasteiger partial charge in [-0.25, -0.2) is 0 Å². The van der Waals surface area contributed by atoms with Gasteiger partial charge in [-0.2, -0.15) is 0 Å². The summed E-state index contributed by atoms with van der Waals surface area (Å²) in [5.74, 6) is 2.62. The summed E-state index contributed by atoms with van der Waals surface area (Å²) in [7, 11) is 0. The predicted octanol–water partition coefficient (Wildman–Crippen LogP) is 6.01. The van der Waals surface area contributed by atoms with Gasteiger partial charge in [-0.1, -0.05) is 20.8 Å². The Morgan fingerprint density at radius 3 is 2.17 bits per heavy atom. The summed E-state index contributed by atoms with van der Waals surface area (Å²) in [6.45, 7) is 7.42. The topological polar surface area (TPSA) is 9.23 Å². The van der Waals surface area contributed by atoms with Crippen molar-refractivity contribution in [2.45, 2.75) is 33.1 Å². The quantitative estimate of drug-likeness (QED) is 0.533. The van der Waals surface area contributed by atoms with Gasteiger partial charge in [0, 0.05) is 5.88 Å². The van der Waals surface area contributed by atoms with Gasteiger partial charge in [0.2, 0.25) is 0 Å². The standard InChI is InChI=1S/C14H19Br2ClO/c1-9(2)4-10(3)8-18-14-12(15)5-11(7-17)6-13(14)16/h5-6,9-10H,4,7-8H2,1-3H3. The van der Waals surface area contributed by atoms with Crippen LogP contribution < -0.4 is 4.74 Å². The molecule has 0 bridgehead atoms. The van der Waals surface area contributed by atoms with E-state index in [0.717, 1.165) is 26.9 Å². The van der Waals surface area contributed by atoms with Crippen molar-refractivity contribution >= 4 is 43.5 Å². The fourth-order valence-electron chi connectivity index (χ4n) is 1.93. The molecule has 1 unspecified atom stereocenters. The summed E-state index contributed by atoms with van der Waals surface area (Å²) in [6, 6.07) is 4.00. The van der Waals surface area contributed by atoms with E-state index >= 15 is 0 Å². The van der Waals surface area contributed by atoms with E-state index in [2.05, 4.69) is 52.6 Å². The Bertz CT molecular complexity index is 370. The van der Waals surface area contributed by atoms with Gasteiger partial charge in [-0.3, -0.25) is 0 Å². The highest BCUT2D eigenvalue weighted by molar-refractivity contribution is 9.11. The van der Waals surface area contributed by atoms with Crippen molar-refractivity contribution in [2.24, 2.45) is 11.8 Å². The van der Waals surface area contributed by atoms with E-state index in [0.29, 0.717) is 17.7 Å². The van der Waals surface area contributed by atoms with E-state index in [4.69, 9.17) is 16.3 Å². The van der Waals surface area contributed by atoms with Crippen LogP contribution in [0.15, 0.2) is 21.1 Å². The summed E-state index contributed by atoms with van der Waals surface area (Å²) in [5.41, 5.74) is 1.07. The van der Waals surface area contributed by atoms with Crippen LogP contribution in [0.4, 0.5) is 0 Å². The number of alkyl halides is 1. The molecule has 0 N–H and O–H groups in total. The summed E-state index contributed by atoms with van der Waals surface area (Å²) in [6.07, 6.45) is 1.18. The van der Waals surface area contributed by atoms with Crippen molar-refractivity contribution in [3.63, 3.8) is 0 Å². The molecule has 0 aliphatic rings.